The van der Waals surface area contributed by atoms with E-state index in [1.807, 2.05) is 68.4 Å². The summed E-state index contributed by atoms with van der Waals surface area (Å²) in [7, 11) is 2.82. The average molecular weight is 535 g/mol. The number of benzene rings is 2. The predicted molar refractivity (Wildman–Crippen MR) is 130 cm³/mol. The maximum absolute atomic E-state index is 13.1. The molecule has 0 aromatic heterocycles. The second kappa shape index (κ2) is 10.9. The van der Waals surface area contributed by atoms with Crippen molar-refractivity contribution in [3.05, 3.63) is 60.2 Å². The molecule has 2 aliphatic rings. The van der Waals surface area contributed by atoms with Crippen LogP contribution in [0.5, 0.6) is 0 Å². The Hall–Kier alpha value is -3.73. The third-order valence-corrected chi connectivity index (χ3v) is 6.77. The summed E-state index contributed by atoms with van der Waals surface area (Å²) in [5.41, 5.74) is 1.81. The van der Waals surface area contributed by atoms with E-state index in [0.29, 0.717) is 6.42 Å². The van der Waals surface area contributed by atoms with Crippen LogP contribution in [0.4, 0.5) is 13.2 Å². The van der Waals surface area contributed by atoms with E-state index in [-0.39, 0.29) is 17.7 Å². The largest absolute Gasteiger partial charge is 0.490 e. The average Bonchev–Trinajstić information content (AvgIpc) is 3.33. The molecule has 2 saturated heterocycles. The topological polar surface area (TPSA) is 113 Å². The smallest absolute Gasteiger partial charge is 0.475 e. The number of carboxylic acid groups (broad SMARTS) is 1. The lowest BCUT2D eigenvalue weighted by atomic mass is 9.75. The summed E-state index contributed by atoms with van der Waals surface area (Å²) < 4.78 is 36.9. The monoisotopic (exact) mass is 534 g/mol. The van der Waals surface area contributed by atoms with Gasteiger partial charge < -0.3 is 9.84 Å². The molecule has 0 unspecified atom stereocenters. The highest BCUT2D eigenvalue weighted by Crippen LogP contribution is 2.51. The van der Waals surface area contributed by atoms with Crippen molar-refractivity contribution < 1.29 is 42.2 Å². The van der Waals surface area contributed by atoms with Gasteiger partial charge in [-0.2, -0.15) is 13.2 Å². The predicted octanol–water partition coefficient (Wildman–Crippen LogP) is 3.82. The number of ether oxygens (including phenoxy) is 1. The first kappa shape index (κ1) is 28.8. The van der Waals surface area contributed by atoms with Crippen molar-refractivity contribution >= 4 is 23.8 Å². The van der Waals surface area contributed by atoms with Crippen LogP contribution in [0.2, 0.25) is 0 Å². The summed E-state index contributed by atoms with van der Waals surface area (Å²) in [5.74, 6) is -5.12. The van der Waals surface area contributed by atoms with Crippen molar-refractivity contribution in [2.75, 3.05) is 14.2 Å². The Balaban J connectivity index is 0.000000505. The van der Waals surface area contributed by atoms with Crippen molar-refractivity contribution in [2.24, 2.45) is 17.8 Å². The zero-order valence-electron chi connectivity index (χ0n) is 21.3. The van der Waals surface area contributed by atoms with Gasteiger partial charge in [0.25, 0.3) is 0 Å². The van der Waals surface area contributed by atoms with E-state index in [0.717, 1.165) is 16.7 Å². The second-order valence-electron chi connectivity index (χ2n) is 9.71. The number of alkyl halides is 3. The molecule has 2 aliphatic heterocycles. The Morgan fingerprint density at radius 1 is 1.03 bits per heavy atom. The quantitative estimate of drug-likeness (QED) is 0.443. The van der Waals surface area contributed by atoms with Gasteiger partial charge >= 0.3 is 18.1 Å². The van der Waals surface area contributed by atoms with Gasteiger partial charge in [0.2, 0.25) is 11.8 Å². The van der Waals surface area contributed by atoms with Crippen molar-refractivity contribution in [3.63, 3.8) is 0 Å². The lowest BCUT2D eigenvalue weighted by Gasteiger charge is -2.33. The van der Waals surface area contributed by atoms with Crippen LogP contribution in [0.25, 0.3) is 11.1 Å². The molecule has 0 aliphatic carbocycles. The highest BCUT2D eigenvalue weighted by molar-refractivity contribution is 6.09. The number of amides is 2. The molecule has 204 valence electrons. The minimum Gasteiger partial charge on any atom is -0.475 e. The Morgan fingerprint density at radius 3 is 2.03 bits per heavy atom. The van der Waals surface area contributed by atoms with Gasteiger partial charge in [0.15, 0.2) is 0 Å². The fraction of sp³-hybridized carbons (Fsp3) is 0.407. The lowest BCUT2D eigenvalue weighted by Crippen LogP contribution is -2.56. The van der Waals surface area contributed by atoms with Crippen LogP contribution in [0.3, 0.4) is 0 Å². The van der Waals surface area contributed by atoms with Gasteiger partial charge in [-0.15, -0.1) is 0 Å². The normalized spacial score (nSPS) is 24.6. The summed E-state index contributed by atoms with van der Waals surface area (Å²) in [6.07, 6.45) is -4.67. The number of carbonyl (C=O) groups excluding carboxylic acids is 3. The van der Waals surface area contributed by atoms with E-state index in [1.54, 1.807) is 0 Å². The van der Waals surface area contributed by atoms with Crippen LogP contribution >= 0.6 is 0 Å². The number of imide groups is 1. The molecule has 8 nitrogen and oxygen atoms in total. The van der Waals surface area contributed by atoms with Crippen LogP contribution in [-0.2, 0) is 23.9 Å². The molecule has 0 spiro atoms. The van der Waals surface area contributed by atoms with Gasteiger partial charge in [-0.3, -0.25) is 24.6 Å². The number of halogens is 3. The van der Waals surface area contributed by atoms with Crippen LogP contribution in [0.1, 0.15) is 31.9 Å². The van der Waals surface area contributed by atoms with Gasteiger partial charge in [0.1, 0.15) is 5.54 Å². The fourth-order valence-corrected chi connectivity index (χ4v) is 5.23. The van der Waals surface area contributed by atoms with E-state index in [4.69, 9.17) is 14.6 Å². The first-order valence-electron chi connectivity index (χ1n) is 11.9. The van der Waals surface area contributed by atoms with Gasteiger partial charge in [0, 0.05) is 13.1 Å². The highest BCUT2D eigenvalue weighted by Gasteiger charge is 2.68. The summed E-state index contributed by atoms with van der Waals surface area (Å²) in [6.45, 7) is 3.99. The third-order valence-electron chi connectivity index (χ3n) is 6.77. The van der Waals surface area contributed by atoms with Crippen LogP contribution < -0.4 is 5.32 Å². The molecule has 2 aromatic rings. The SMILES string of the molecule is COC(=O)[C@]1(CC(C)C)N[C@H](c2ccc(-c3ccccc3)cc2)[C@@H]2C(=O)N(C)C(=O)[C@@H]21.O=C(O)C(F)(F)F. The van der Waals surface area contributed by atoms with Gasteiger partial charge in [-0.05, 0) is 29.0 Å². The fourth-order valence-electron chi connectivity index (χ4n) is 5.23. The summed E-state index contributed by atoms with van der Waals surface area (Å²) in [5, 5.41) is 10.5. The number of hydrogen-bond acceptors (Lipinski definition) is 6. The number of nitrogens with one attached hydrogen (secondary N) is 1. The minimum absolute atomic E-state index is 0.125. The van der Waals surface area contributed by atoms with Gasteiger partial charge in [-0.1, -0.05) is 68.4 Å². The number of fused-ring (bicyclic) bond motifs is 1. The number of carboxylic acids is 1. The number of nitrogens with zero attached hydrogens (tertiary/aromatic N) is 1. The number of aliphatic carboxylic acids is 1. The number of esters is 1. The molecule has 11 heteroatoms. The van der Waals surface area contributed by atoms with E-state index in [2.05, 4.69) is 5.32 Å². The number of methoxy groups -OCH3 is 1. The number of hydrogen-bond donors (Lipinski definition) is 2. The zero-order valence-corrected chi connectivity index (χ0v) is 21.3. The molecule has 0 bridgehead atoms. The molecule has 38 heavy (non-hydrogen) atoms. The number of likely N-dealkylation sites (tertiary alicyclic amines) is 1. The molecule has 4 atom stereocenters. The maximum Gasteiger partial charge on any atom is 0.490 e. The first-order chi connectivity index (χ1) is 17.7. The van der Waals surface area contributed by atoms with E-state index in [9.17, 15) is 27.6 Å². The van der Waals surface area contributed by atoms with Gasteiger partial charge in [0.05, 0.1) is 18.9 Å². The molecule has 0 saturated carbocycles. The minimum atomic E-state index is -5.08. The first-order valence-corrected chi connectivity index (χ1v) is 11.9. The second-order valence-corrected chi connectivity index (χ2v) is 9.71. The molecule has 0 radical (unpaired) electrons. The molecule has 4 rings (SSSR count). The van der Waals surface area contributed by atoms with Crippen LogP contribution in [0, 0.1) is 17.8 Å². The Morgan fingerprint density at radius 2 is 1.55 bits per heavy atom. The van der Waals surface area contributed by atoms with Crippen molar-refractivity contribution in [1.29, 1.82) is 0 Å². The summed E-state index contributed by atoms with van der Waals surface area (Å²) in [6, 6.07) is 17.5. The summed E-state index contributed by atoms with van der Waals surface area (Å²) >= 11 is 0. The van der Waals surface area contributed by atoms with Crippen molar-refractivity contribution in [3.8, 4) is 11.1 Å². The maximum atomic E-state index is 13.1. The molecule has 2 fully saturated rings. The summed E-state index contributed by atoms with van der Waals surface area (Å²) in [4.78, 5) is 49.2. The molecule has 2 aromatic carbocycles. The zero-order chi connectivity index (χ0) is 28.4. The van der Waals surface area contributed by atoms with Crippen molar-refractivity contribution in [1.82, 2.24) is 10.2 Å². The third kappa shape index (κ3) is 5.42. The Kier molecular flexibility index (Phi) is 8.30. The molecule has 2 heterocycles. The lowest BCUT2D eigenvalue weighted by molar-refractivity contribution is -0.192. The van der Waals surface area contributed by atoms with Crippen LogP contribution in [0.15, 0.2) is 54.6 Å². The highest BCUT2D eigenvalue weighted by atomic mass is 19.4. The number of rotatable bonds is 5. The molecule has 2 amide bonds. The Bertz CT molecular complexity index is 1200. The number of carbonyl (C=O) groups is 4. The van der Waals surface area contributed by atoms with Crippen LogP contribution in [-0.4, -0.2) is 59.6 Å². The molecular formula is C27H29F3N2O6. The van der Waals surface area contributed by atoms with E-state index in [1.165, 1.54) is 19.1 Å². The standard InChI is InChI=1S/C25H28N2O4.C2HF3O2/c1-15(2)14-25(24(30)31-4)20-19(22(28)27(3)23(20)29)21(26-25)18-12-10-17(11-13-18)16-8-6-5-7-9-16;3-2(4,5)1(6)7/h5-13,15,19-21,26H,14H2,1-4H3;(H,6,7)/t19-,20-,21-,25-;/m1./s1. The van der Waals surface area contributed by atoms with E-state index >= 15 is 0 Å². The molecular weight excluding hydrogens is 505 g/mol. The molecule has 2 N–H and O–H groups in total. The van der Waals surface area contributed by atoms with E-state index < -0.39 is 41.5 Å². The van der Waals surface area contributed by atoms with Gasteiger partial charge in [-0.25, -0.2) is 4.79 Å². The Labute approximate surface area is 217 Å². The van der Waals surface area contributed by atoms with Crippen molar-refractivity contribution in [2.45, 2.75) is 38.0 Å².